The Bertz CT molecular complexity index is 1880. The number of likely N-dealkylation sites (tertiary alicyclic amines) is 2. The first kappa shape index (κ1) is 51.3. The first-order valence-electron chi connectivity index (χ1n) is 22.4. The van der Waals surface area contributed by atoms with Crippen molar-refractivity contribution in [1.29, 1.82) is 0 Å². The Kier molecular flexibility index (Phi) is 19.2. The summed E-state index contributed by atoms with van der Waals surface area (Å²) >= 11 is 0. The zero-order valence-corrected chi connectivity index (χ0v) is 39.4. The van der Waals surface area contributed by atoms with Crippen molar-refractivity contribution < 1.29 is 41.9 Å². The number of azide groups is 1. The smallest absolute Gasteiger partial charge is 0.256 e. The average molecular weight is 902 g/mol. The molecule has 11 atom stereocenters. The summed E-state index contributed by atoms with van der Waals surface area (Å²) in [5.74, 6) is -3.41. The number of ether oxygens (including phenoxy) is 2. The molecule has 1 aromatic rings. The maximum Gasteiger partial charge on any atom is 0.256 e. The molecular weight excluding hydrogens is 831 g/mol. The van der Waals surface area contributed by atoms with Gasteiger partial charge >= 0.3 is 0 Å². The van der Waals surface area contributed by atoms with Crippen LogP contribution in [-0.4, -0.2) is 148 Å². The number of hydrogen-bond acceptors (Lipinski definition) is 11. The number of hydrogen-bond donors (Lipinski definition) is 3. The van der Waals surface area contributed by atoms with Crippen LogP contribution in [0.5, 0.6) is 0 Å². The molecule has 63 heavy (non-hydrogen) atoms. The van der Waals surface area contributed by atoms with Crippen molar-refractivity contribution in [2.24, 2.45) is 28.8 Å². The van der Waals surface area contributed by atoms with Crippen LogP contribution in [0, 0.1) is 23.7 Å². The molecule has 352 valence electrons. The van der Waals surface area contributed by atoms with E-state index in [1.807, 2.05) is 34.7 Å². The number of carbonyl (C=O) groups is 5. The fraction of sp³-hybridized carbons (Fsp3) is 0.750. The molecule has 4 rings (SSSR count). The van der Waals surface area contributed by atoms with Crippen molar-refractivity contribution in [1.82, 2.24) is 30.1 Å². The highest BCUT2D eigenvalue weighted by Gasteiger charge is 2.49. The molecule has 1 saturated carbocycles. The molecule has 0 radical (unpaired) electrons. The van der Waals surface area contributed by atoms with E-state index in [1.165, 1.54) is 14.2 Å². The predicted molar refractivity (Wildman–Crippen MR) is 238 cm³/mol. The van der Waals surface area contributed by atoms with Gasteiger partial charge in [0, 0.05) is 51.7 Å². The molecule has 18 nitrogen and oxygen atoms in total. The monoisotopic (exact) mass is 902 g/mol. The van der Waals surface area contributed by atoms with Gasteiger partial charge in [0.15, 0.2) is 0 Å². The summed E-state index contributed by atoms with van der Waals surface area (Å²) in [4.78, 5) is 78.1. The molecule has 19 heteroatoms. The van der Waals surface area contributed by atoms with Crippen LogP contribution in [0.15, 0.2) is 35.4 Å². The number of benzene rings is 1. The van der Waals surface area contributed by atoms with E-state index in [-0.39, 0.29) is 67.3 Å². The molecule has 5 amide bonds. The number of likely N-dealkylation sites (N-methyl/N-ethyl adjacent to an activating group) is 2. The van der Waals surface area contributed by atoms with Gasteiger partial charge in [0.2, 0.25) is 33.7 Å². The molecule has 2 aliphatic heterocycles. The number of nitrogens with one attached hydrogen (secondary N) is 3. The van der Waals surface area contributed by atoms with E-state index in [4.69, 9.17) is 15.0 Å². The topological polar surface area (TPSA) is 233 Å². The number of carbonyl (C=O) groups excluding carboxylic acids is 5. The first-order chi connectivity index (χ1) is 29.9. The molecule has 1 aromatic carbocycles. The Morgan fingerprint density at radius 1 is 1.00 bits per heavy atom. The number of piperidine rings is 1. The summed E-state index contributed by atoms with van der Waals surface area (Å²) < 4.78 is 39.6. The summed E-state index contributed by atoms with van der Waals surface area (Å²) in [7, 11) is 2.58. The van der Waals surface area contributed by atoms with Gasteiger partial charge in [0.1, 0.15) is 12.1 Å². The molecule has 0 spiro atoms. The summed E-state index contributed by atoms with van der Waals surface area (Å²) in [5, 5.41) is 9.19. The van der Waals surface area contributed by atoms with E-state index >= 15 is 0 Å². The fourth-order valence-corrected chi connectivity index (χ4v) is 11.0. The molecule has 2 heterocycles. The molecule has 0 aromatic heterocycles. The number of nitrogens with zero attached hydrogens (tertiary/aromatic N) is 6. The zero-order valence-electron chi connectivity index (χ0n) is 38.6. The van der Waals surface area contributed by atoms with E-state index in [0.29, 0.717) is 37.4 Å². The maximum atomic E-state index is 14.4. The largest absolute Gasteiger partial charge is 0.379 e. The lowest BCUT2D eigenvalue weighted by molar-refractivity contribution is -0.148. The van der Waals surface area contributed by atoms with Crippen LogP contribution in [0.25, 0.3) is 10.4 Å². The van der Waals surface area contributed by atoms with E-state index < -0.39 is 69.9 Å². The van der Waals surface area contributed by atoms with Gasteiger partial charge in [0.25, 0.3) is 5.91 Å². The second kappa shape index (κ2) is 23.6. The average Bonchev–Trinajstić information content (AvgIpc) is 4.01. The SMILES string of the molecule is CC[C@H](C)[C@@H]([C@@H](CC(=O)N1CCC[C@H]1[C@H](OC)[C@@H](C)C(=O)N[C@@H](Cc1ccccc1)C(=O)NS(=O)(=O)CCCN=[N+]=[N-])OC)N(C)C(=O)[C@@H](NC(=O)[C@@H]1[C@H]2CC[C@H](C2)N1C)C(C)C. The third-order valence-corrected chi connectivity index (χ3v) is 14.9. The van der Waals surface area contributed by atoms with Crippen LogP contribution in [0.3, 0.4) is 0 Å². The minimum absolute atomic E-state index is 0.000799. The van der Waals surface area contributed by atoms with Crippen molar-refractivity contribution in [2.75, 3.05) is 47.2 Å². The highest BCUT2D eigenvalue weighted by atomic mass is 32.2. The Balaban J connectivity index is 1.48. The van der Waals surface area contributed by atoms with Crippen molar-refractivity contribution in [3.63, 3.8) is 0 Å². The molecule has 3 aliphatic rings. The lowest BCUT2D eigenvalue weighted by atomic mass is 9.89. The standard InChI is InChI=1S/C44H71N9O9S/c1-10-28(4)38(52(7)44(58)37(27(2)3)48-43(57)39-31-19-20-32(25-31)51(39)6)35(61-8)26-36(54)53-22-14-18-34(53)40(62-9)29(5)41(55)47-33(24-30-16-12-11-13-17-30)42(56)49-63(59,60)23-15-21-46-50-45/h11-13,16-17,27-29,31-35,37-40H,10,14-15,18-26H2,1-9H3,(H,47,55)(H,48,57)(H,49,56)/t28-,29+,31-,32+,33-,34-,35+,37-,38-,39-,40+/m0/s1. The van der Waals surface area contributed by atoms with Crippen LogP contribution < -0.4 is 15.4 Å². The number of sulfonamides is 1. The summed E-state index contributed by atoms with van der Waals surface area (Å²) in [6.07, 6.45) is 3.44. The molecule has 0 unspecified atom stereocenters. The minimum atomic E-state index is -4.11. The number of rotatable bonds is 24. The van der Waals surface area contributed by atoms with Crippen LogP contribution in [-0.2, 0) is 49.9 Å². The van der Waals surface area contributed by atoms with E-state index in [1.54, 1.807) is 54.1 Å². The zero-order chi connectivity index (χ0) is 46.6. The van der Waals surface area contributed by atoms with Gasteiger partial charge in [-0.25, -0.2) is 8.42 Å². The second-order valence-electron chi connectivity index (χ2n) is 18.0. The van der Waals surface area contributed by atoms with Crippen LogP contribution in [0.1, 0.15) is 91.5 Å². The van der Waals surface area contributed by atoms with E-state index in [9.17, 15) is 32.4 Å². The van der Waals surface area contributed by atoms with Crippen molar-refractivity contribution in [3.8, 4) is 0 Å². The number of fused-ring (bicyclic) bond motifs is 2. The van der Waals surface area contributed by atoms with Gasteiger partial charge in [-0.15, -0.1) is 0 Å². The Morgan fingerprint density at radius 3 is 2.29 bits per heavy atom. The van der Waals surface area contributed by atoms with Gasteiger partial charge < -0.3 is 29.9 Å². The molecule has 3 N–H and O–H groups in total. The van der Waals surface area contributed by atoms with Crippen molar-refractivity contribution in [3.05, 3.63) is 46.3 Å². The first-order valence-corrected chi connectivity index (χ1v) is 24.1. The van der Waals surface area contributed by atoms with Crippen molar-refractivity contribution in [2.45, 2.75) is 141 Å². The fourth-order valence-electron chi connectivity index (χ4n) is 9.89. The maximum absolute atomic E-state index is 14.4. The molecular formula is C44H71N9O9S. The molecule has 1 aliphatic carbocycles. The van der Waals surface area contributed by atoms with Crippen LogP contribution in [0.2, 0.25) is 0 Å². The normalized spacial score (nSPS) is 23.2. The summed E-state index contributed by atoms with van der Waals surface area (Å²) in [6, 6.07) is 5.93. The van der Waals surface area contributed by atoms with Gasteiger partial charge in [0.05, 0.1) is 48.4 Å². The van der Waals surface area contributed by atoms with E-state index in [0.717, 1.165) is 19.3 Å². The number of amides is 5. The van der Waals surface area contributed by atoms with E-state index in [2.05, 4.69) is 30.3 Å². The minimum Gasteiger partial charge on any atom is -0.379 e. The van der Waals surface area contributed by atoms with Gasteiger partial charge in [-0.05, 0) is 74.4 Å². The quantitative estimate of drug-likeness (QED) is 0.0592. The van der Waals surface area contributed by atoms with Crippen molar-refractivity contribution >= 4 is 39.6 Å². The van der Waals surface area contributed by atoms with Gasteiger partial charge in [-0.3, -0.25) is 33.6 Å². The second-order valence-corrected chi connectivity index (χ2v) is 19.8. The summed E-state index contributed by atoms with van der Waals surface area (Å²) in [5.41, 5.74) is 9.20. The highest BCUT2D eigenvalue weighted by molar-refractivity contribution is 7.90. The van der Waals surface area contributed by atoms with Gasteiger partial charge in [-0.1, -0.05) is 76.5 Å². The Labute approximate surface area is 373 Å². The third-order valence-electron chi connectivity index (χ3n) is 13.6. The molecule has 2 saturated heterocycles. The Hall–Kier alpha value is -4.29. The lowest BCUT2D eigenvalue weighted by Gasteiger charge is -2.41. The predicted octanol–water partition coefficient (Wildman–Crippen LogP) is 3.40. The van der Waals surface area contributed by atoms with Gasteiger partial charge in [-0.2, -0.15) is 0 Å². The summed E-state index contributed by atoms with van der Waals surface area (Å²) in [6.45, 7) is 9.86. The highest BCUT2D eigenvalue weighted by Crippen LogP contribution is 2.41. The van der Waals surface area contributed by atoms with Crippen LogP contribution >= 0.6 is 0 Å². The molecule has 3 fully saturated rings. The third kappa shape index (κ3) is 13.1. The number of methoxy groups -OCH3 is 2. The Morgan fingerprint density at radius 2 is 1.70 bits per heavy atom. The van der Waals surface area contributed by atoms with Crippen LogP contribution in [0.4, 0.5) is 0 Å². The lowest BCUT2D eigenvalue weighted by Crippen LogP contribution is -2.60. The molecule has 2 bridgehead atoms.